The zero-order chi connectivity index (χ0) is 11.5. The molecule has 5 heteroatoms. The van der Waals surface area contributed by atoms with E-state index >= 15 is 0 Å². The predicted molar refractivity (Wildman–Crippen MR) is 61.9 cm³/mol. The van der Waals surface area contributed by atoms with E-state index in [1.165, 1.54) is 6.07 Å². The van der Waals surface area contributed by atoms with Gasteiger partial charge in [-0.15, -0.1) is 0 Å². The molecule has 1 aromatic carbocycles. The molecular formula is C11H11ClFN3. The van der Waals surface area contributed by atoms with Crippen molar-refractivity contribution in [1.29, 1.82) is 0 Å². The predicted octanol–water partition coefficient (Wildman–Crippen LogP) is 2.82. The van der Waals surface area contributed by atoms with Crippen LogP contribution in [0.25, 0.3) is 0 Å². The van der Waals surface area contributed by atoms with Crippen LogP contribution in [0.2, 0.25) is 5.02 Å². The van der Waals surface area contributed by atoms with Crippen molar-refractivity contribution in [3.05, 3.63) is 47.0 Å². The molecule has 2 rings (SSSR count). The Morgan fingerprint density at radius 3 is 2.88 bits per heavy atom. The molecule has 3 nitrogen and oxygen atoms in total. The topological polar surface area (TPSA) is 29.9 Å². The minimum atomic E-state index is -0.409. The van der Waals surface area contributed by atoms with Crippen molar-refractivity contribution >= 4 is 17.3 Å². The molecule has 0 saturated carbocycles. The maximum Gasteiger partial charge on any atom is 0.141 e. The van der Waals surface area contributed by atoms with Crippen molar-refractivity contribution in [1.82, 2.24) is 9.78 Å². The van der Waals surface area contributed by atoms with Crippen LogP contribution in [-0.4, -0.2) is 9.78 Å². The monoisotopic (exact) mass is 239 g/mol. The molecule has 0 aliphatic rings. The Morgan fingerprint density at radius 2 is 2.25 bits per heavy atom. The lowest BCUT2D eigenvalue weighted by molar-refractivity contribution is 0.628. The van der Waals surface area contributed by atoms with Gasteiger partial charge in [0.2, 0.25) is 0 Å². The van der Waals surface area contributed by atoms with Crippen molar-refractivity contribution in [3.8, 4) is 0 Å². The number of aromatic nitrogens is 2. The van der Waals surface area contributed by atoms with Gasteiger partial charge in [0.15, 0.2) is 0 Å². The molecule has 0 amide bonds. The maximum atomic E-state index is 12.9. The molecule has 0 bridgehead atoms. The number of anilines is 1. The molecule has 0 radical (unpaired) electrons. The lowest BCUT2D eigenvalue weighted by Gasteiger charge is -2.07. The molecule has 1 aromatic heterocycles. The third-order valence-electron chi connectivity index (χ3n) is 2.32. The van der Waals surface area contributed by atoms with Crippen LogP contribution >= 0.6 is 11.6 Å². The highest BCUT2D eigenvalue weighted by atomic mass is 35.5. The molecule has 84 valence electrons. The SMILES string of the molecule is Cn1nccc1CNc1ccc(F)c(Cl)c1. The molecule has 0 fully saturated rings. The lowest BCUT2D eigenvalue weighted by atomic mass is 10.3. The van der Waals surface area contributed by atoms with Gasteiger partial charge in [-0.25, -0.2) is 4.39 Å². The van der Waals surface area contributed by atoms with Crippen molar-refractivity contribution in [2.24, 2.45) is 7.05 Å². The Balaban J connectivity index is 2.05. The number of hydrogen-bond acceptors (Lipinski definition) is 2. The Labute approximate surface area is 97.8 Å². The van der Waals surface area contributed by atoms with Crippen LogP contribution in [0.4, 0.5) is 10.1 Å². The van der Waals surface area contributed by atoms with Gasteiger partial charge in [0, 0.05) is 18.9 Å². The third-order valence-corrected chi connectivity index (χ3v) is 2.61. The average molecular weight is 240 g/mol. The highest BCUT2D eigenvalue weighted by Gasteiger charge is 2.02. The van der Waals surface area contributed by atoms with E-state index in [0.717, 1.165) is 11.4 Å². The summed E-state index contributed by atoms with van der Waals surface area (Å²) in [5, 5.41) is 7.32. The quantitative estimate of drug-likeness (QED) is 0.893. The largest absolute Gasteiger partial charge is 0.379 e. The van der Waals surface area contributed by atoms with Crippen molar-refractivity contribution in [3.63, 3.8) is 0 Å². The number of nitrogens with one attached hydrogen (secondary N) is 1. The van der Waals surface area contributed by atoms with Crippen LogP contribution in [0.5, 0.6) is 0 Å². The second kappa shape index (κ2) is 4.53. The first kappa shape index (κ1) is 11.0. The summed E-state index contributed by atoms with van der Waals surface area (Å²) in [5.41, 5.74) is 1.83. The first-order valence-corrected chi connectivity index (χ1v) is 5.20. The smallest absolute Gasteiger partial charge is 0.141 e. The number of hydrogen-bond donors (Lipinski definition) is 1. The molecule has 0 unspecified atom stereocenters. The Morgan fingerprint density at radius 1 is 1.44 bits per heavy atom. The fourth-order valence-electron chi connectivity index (χ4n) is 1.37. The first-order valence-electron chi connectivity index (χ1n) is 4.82. The molecule has 0 saturated heterocycles. The summed E-state index contributed by atoms with van der Waals surface area (Å²) < 4.78 is 14.7. The minimum Gasteiger partial charge on any atom is -0.379 e. The van der Waals surface area contributed by atoms with Gasteiger partial charge >= 0.3 is 0 Å². The highest BCUT2D eigenvalue weighted by Crippen LogP contribution is 2.19. The van der Waals surface area contributed by atoms with Crippen LogP contribution in [0.1, 0.15) is 5.69 Å². The van der Waals surface area contributed by atoms with Crippen LogP contribution in [0.15, 0.2) is 30.5 Å². The van der Waals surface area contributed by atoms with Crippen LogP contribution in [-0.2, 0) is 13.6 Å². The van der Waals surface area contributed by atoms with E-state index in [4.69, 9.17) is 11.6 Å². The number of aryl methyl sites for hydroxylation is 1. The van der Waals surface area contributed by atoms with E-state index < -0.39 is 5.82 Å². The molecular weight excluding hydrogens is 229 g/mol. The molecule has 16 heavy (non-hydrogen) atoms. The Hall–Kier alpha value is -1.55. The third kappa shape index (κ3) is 2.33. The summed E-state index contributed by atoms with van der Waals surface area (Å²) in [4.78, 5) is 0. The van der Waals surface area contributed by atoms with Gasteiger partial charge in [0.25, 0.3) is 0 Å². The van der Waals surface area contributed by atoms with E-state index in [1.807, 2.05) is 13.1 Å². The lowest BCUT2D eigenvalue weighted by Crippen LogP contribution is -2.05. The zero-order valence-electron chi connectivity index (χ0n) is 8.74. The molecule has 1 heterocycles. The Bertz CT molecular complexity index is 496. The van der Waals surface area contributed by atoms with Gasteiger partial charge in [-0.2, -0.15) is 5.10 Å². The second-order valence-corrected chi connectivity index (χ2v) is 3.84. The summed E-state index contributed by atoms with van der Waals surface area (Å²) in [6, 6.07) is 6.47. The van der Waals surface area contributed by atoms with Crippen LogP contribution < -0.4 is 5.32 Å². The minimum absolute atomic E-state index is 0.120. The molecule has 0 aliphatic carbocycles. The summed E-state index contributed by atoms with van der Waals surface area (Å²) >= 11 is 5.67. The van der Waals surface area contributed by atoms with E-state index in [-0.39, 0.29) is 5.02 Å². The Kier molecular flexibility index (Phi) is 3.10. The zero-order valence-corrected chi connectivity index (χ0v) is 9.50. The van der Waals surface area contributed by atoms with Gasteiger partial charge in [0.05, 0.1) is 17.3 Å². The van der Waals surface area contributed by atoms with Crippen molar-refractivity contribution < 1.29 is 4.39 Å². The van der Waals surface area contributed by atoms with E-state index in [2.05, 4.69) is 10.4 Å². The van der Waals surface area contributed by atoms with Gasteiger partial charge in [0.1, 0.15) is 5.82 Å². The summed E-state index contributed by atoms with van der Waals surface area (Å²) in [7, 11) is 1.87. The van der Waals surface area contributed by atoms with Gasteiger partial charge in [-0.1, -0.05) is 11.6 Å². The highest BCUT2D eigenvalue weighted by molar-refractivity contribution is 6.31. The number of halogens is 2. The van der Waals surface area contributed by atoms with E-state index in [0.29, 0.717) is 6.54 Å². The first-order chi connectivity index (χ1) is 7.66. The second-order valence-electron chi connectivity index (χ2n) is 3.43. The molecule has 0 atom stereocenters. The van der Waals surface area contributed by atoms with Gasteiger partial charge < -0.3 is 5.32 Å². The average Bonchev–Trinajstić information content (AvgIpc) is 2.66. The van der Waals surface area contributed by atoms with Crippen LogP contribution in [0, 0.1) is 5.82 Å². The van der Waals surface area contributed by atoms with Crippen molar-refractivity contribution in [2.45, 2.75) is 6.54 Å². The van der Waals surface area contributed by atoms with Crippen molar-refractivity contribution in [2.75, 3.05) is 5.32 Å². The fourth-order valence-corrected chi connectivity index (χ4v) is 1.55. The maximum absolute atomic E-state index is 12.9. The normalized spacial score (nSPS) is 10.4. The molecule has 1 N–H and O–H groups in total. The number of nitrogens with zero attached hydrogens (tertiary/aromatic N) is 2. The van der Waals surface area contributed by atoms with E-state index in [1.54, 1.807) is 23.0 Å². The summed E-state index contributed by atoms with van der Waals surface area (Å²) in [6.45, 7) is 0.623. The molecule has 0 aliphatic heterocycles. The van der Waals surface area contributed by atoms with Crippen LogP contribution in [0.3, 0.4) is 0 Å². The molecule has 0 spiro atoms. The van der Waals surface area contributed by atoms with E-state index in [9.17, 15) is 4.39 Å². The van der Waals surface area contributed by atoms with Gasteiger partial charge in [-0.05, 0) is 24.3 Å². The van der Waals surface area contributed by atoms with Gasteiger partial charge in [-0.3, -0.25) is 4.68 Å². The summed E-state index contributed by atoms with van der Waals surface area (Å²) in [6.07, 6.45) is 1.73. The standard InChI is InChI=1S/C11H11ClFN3/c1-16-9(4-5-15-16)7-14-8-2-3-11(13)10(12)6-8/h2-6,14H,7H2,1H3. The fraction of sp³-hybridized carbons (Fsp3) is 0.182. The number of benzene rings is 1. The molecule has 2 aromatic rings. The number of rotatable bonds is 3. The summed E-state index contributed by atoms with van der Waals surface area (Å²) in [5.74, 6) is -0.409.